The summed E-state index contributed by atoms with van der Waals surface area (Å²) in [5, 5.41) is 8.76. The Hall–Kier alpha value is -2.50. The lowest BCUT2D eigenvalue weighted by atomic mass is 10.2. The van der Waals surface area contributed by atoms with Gasteiger partial charge in [0.1, 0.15) is 12.3 Å². The lowest BCUT2D eigenvalue weighted by Gasteiger charge is -2.07. The summed E-state index contributed by atoms with van der Waals surface area (Å²) < 4.78 is 31.3. The van der Waals surface area contributed by atoms with Crippen molar-refractivity contribution >= 4 is 5.97 Å². The zero-order valence-electron chi connectivity index (χ0n) is 9.64. The monoisotopic (exact) mass is 265 g/mol. The Kier molecular flexibility index (Phi) is 3.70. The molecule has 0 saturated carbocycles. The standard InChI is InChI=1S/C13H9F2NO3/c14-9-2-1-3-11(12(9)15)19-7-8-4-5-16-10(6-8)13(17)18/h1-6H,7H2,(H,17,18). The molecule has 98 valence electrons. The second-order valence-corrected chi connectivity index (χ2v) is 3.70. The summed E-state index contributed by atoms with van der Waals surface area (Å²) in [6, 6.07) is 6.43. The Morgan fingerprint density at radius 2 is 2.11 bits per heavy atom. The Morgan fingerprint density at radius 1 is 1.32 bits per heavy atom. The smallest absolute Gasteiger partial charge is 0.354 e. The first kappa shape index (κ1) is 12.9. The van der Waals surface area contributed by atoms with E-state index in [-0.39, 0.29) is 18.1 Å². The van der Waals surface area contributed by atoms with Crippen LogP contribution < -0.4 is 4.74 Å². The summed E-state index contributed by atoms with van der Waals surface area (Å²) in [5.74, 6) is -3.47. The summed E-state index contributed by atoms with van der Waals surface area (Å²) in [5.41, 5.74) is 0.358. The molecule has 0 radical (unpaired) electrons. The van der Waals surface area contributed by atoms with Crippen molar-refractivity contribution in [3.8, 4) is 5.75 Å². The van der Waals surface area contributed by atoms with Gasteiger partial charge in [0.2, 0.25) is 5.82 Å². The zero-order valence-corrected chi connectivity index (χ0v) is 9.64. The van der Waals surface area contributed by atoms with E-state index in [1.807, 2.05) is 0 Å². The number of rotatable bonds is 4. The fraction of sp³-hybridized carbons (Fsp3) is 0.0769. The zero-order chi connectivity index (χ0) is 13.8. The van der Waals surface area contributed by atoms with Crippen LogP contribution >= 0.6 is 0 Å². The van der Waals surface area contributed by atoms with E-state index in [2.05, 4.69) is 4.98 Å². The number of nitrogens with zero attached hydrogens (tertiary/aromatic N) is 1. The number of carbonyl (C=O) groups is 1. The number of ether oxygens (including phenoxy) is 1. The van der Waals surface area contributed by atoms with Crippen molar-refractivity contribution in [1.82, 2.24) is 4.98 Å². The first-order valence-corrected chi connectivity index (χ1v) is 5.33. The minimum atomic E-state index is -1.17. The van der Waals surface area contributed by atoms with Gasteiger partial charge in [-0.2, -0.15) is 4.39 Å². The van der Waals surface area contributed by atoms with Crippen LogP contribution in [0, 0.1) is 11.6 Å². The first-order chi connectivity index (χ1) is 9.08. The molecule has 1 heterocycles. The number of aromatic nitrogens is 1. The van der Waals surface area contributed by atoms with E-state index in [1.165, 1.54) is 30.5 Å². The van der Waals surface area contributed by atoms with Crippen molar-refractivity contribution in [3.05, 3.63) is 59.4 Å². The molecule has 1 aromatic carbocycles. The van der Waals surface area contributed by atoms with Crippen LogP contribution in [0.2, 0.25) is 0 Å². The molecule has 19 heavy (non-hydrogen) atoms. The van der Waals surface area contributed by atoms with Crippen molar-refractivity contribution in [1.29, 1.82) is 0 Å². The van der Waals surface area contributed by atoms with Crippen molar-refractivity contribution in [2.75, 3.05) is 0 Å². The van der Waals surface area contributed by atoms with E-state index < -0.39 is 17.6 Å². The molecule has 0 bridgehead atoms. The molecule has 0 amide bonds. The lowest BCUT2D eigenvalue weighted by molar-refractivity contribution is 0.0690. The molecule has 0 unspecified atom stereocenters. The Morgan fingerprint density at radius 3 is 2.84 bits per heavy atom. The number of aromatic carboxylic acids is 1. The van der Waals surface area contributed by atoms with E-state index in [1.54, 1.807) is 0 Å². The highest BCUT2D eigenvalue weighted by Gasteiger charge is 2.10. The fourth-order valence-corrected chi connectivity index (χ4v) is 1.44. The molecule has 1 aromatic heterocycles. The minimum absolute atomic E-state index is 0.0802. The molecule has 0 aliphatic rings. The molecule has 0 aliphatic carbocycles. The van der Waals surface area contributed by atoms with Gasteiger partial charge in [-0.15, -0.1) is 0 Å². The highest BCUT2D eigenvalue weighted by molar-refractivity contribution is 5.85. The van der Waals surface area contributed by atoms with Gasteiger partial charge in [0.15, 0.2) is 11.6 Å². The van der Waals surface area contributed by atoms with Crippen LogP contribution in [-0.4, -0.2) is 16.1 Å². The van der Waals surface area contributed by atoms with Crippen LogP contribution in [0.15, 0.2) is 36.5 Å². The van der Waals surface area contributed by atoms with E-state index in [0.29, 0.717) is 5.56 Å². The number of hydrogen-bond acceptors (Lipinski definition) is 3. The van der Waals surface area contributed by atoms with Gasteiger partial charge < -0.3 is 9.84 Å². The number of carboxylic acid groups (broad SMARTS) is 1. The molecule has 4 nitrogen and oxygen atoms in total. The number of pyridine rings is 1. The maximum Gasteiger partial charge on any atom is 0.354 e. The predicted molar refractivity (Wildman–Crippen MR) is 61.9 cm³/mol. The van der Waals surface area contributed by atoms with Crippen LogP contribution in [0.5, 0.6) is 5.75 Å². The maximum absolute atomic E-state index is 13.3. The molecule has 2 aromatic rings. The van der Waals surface area contributed by atoms with E-state index in [4.69, 9.17) is 9.84 Å². The van der Waals surface area contributed by atoms with Crippen LogP contribution in [-0.2, 0) is 6.61 Å². The van der Waals surface area contributed by atoms with Crippen molar-refractivity contribution in [3.63, 3.8) is 0 Å². The van der Waals surface area contributed by atoms with E-state index in [0.717, 1.165) is 6.07 Å². The topological polar surface area (TPSA) is 59.4 Å². The first-order valence-electron chi connectivity index (χ1n) is 5.33. The predicted octanol–water partition coefficient (Wildman–Crippen LogP) is 2.64. The molecule has 0 saturated heterocycles. The second-order valence-electron chi connectivity index (χ2n) is 3.70. The van der Waals surface area contributed by atoms with Crippen LogP contribution in [0.25, 0.3) is 0 Å². The number of hydrogen-bond donors (Lipinski definition) is 1. The minimum Gasteiger partial charge on any atom is -0.486 e. The maximum atomic E-state index is 13.3. The molecular formula is C13H9F2NO3. The number of carboxylic acids is 1. The van der Waals surface area contributed by atoms with Crippen molar-refractivity contribution in [2.24, 2.45) is 0 Å². The van der Waals surface area contributed by atoms with Gasteiger partial charge in [0.05, 0.1) is 0 Å². The molecule has 0 fully saturated rings. The summed E-state index contributed by atoms with van der Waals surface area (Å²) >= 11 is 0. The molecule has 0 aliphatic heterocycles. The van der Waals surface area contributed by atoms with Crippen LogP contribution in [0.3, 0.4) is 0 Å². The summed E-state index contributed by atoms with van der Waals surface area (Å²) in [7, 11) is 0. The van der Waals surface area contributed by atoms with Gasteiger partial charge in [-0.3, -0.25) is 0 Å². The third kappa shape index (κ3) is 3.04. The van der Waals surface area contributed by atoms with Gasteiger partial charge in [-0.05, 0) is 29.8 Å². The second kappa shape index (κ2) is 5.43. The quantitative estimate of drug-likeness (QED) is 0.923. The van der Waals surface area contributed by atoms with Crippen molar-refractivity contribution < 1.29 is 23.4 Å². The molecule has 6 heteroatoms. The SMILES string of the molecule is O=C(O)c1cc(COc2cccc(F)c2F)ccn1. The molecule has 2 rings (SSSR count). The Labute approximate surface area is 107 Å². The lowest BCUT2D eigenvalue weighted by Crippen LogP contribution is -2.03. The van der Waals surface area contributed by atoms with E-state index in [9.17, 15) is 13.6 Å². The highest BCUT2D eigenvalue weighted by Crippen LogP contribution is 2.20. The number of benzene rings is 1. The normalized spacial score (nSPS) is 10.2. The average Bonchev–Trinajstić information content (AvgIpc) is 2.41. The summed E-state index contributed by atoms with van der Waals surface area (Å²) in [4.78, 5) is 14.3. The van der Waals surface area contributed by atoms with Gasteiger partial charge in [0, 0.05) is 6.20 Å². The fourth-order valence-electron chi connectivity index (χ4n) is 1.44. The van der Waals surface area contributed by atoms with Gasteiger partial charge in [-0.1, -0.05) is 6.07 Å². The molecular weight excluding hydrogens is 256 g/mol. The third-order valence-corrected chi connectivity index (χ3v) is 2.35. The van der Waals surface area contributed by atoms with Gasteiger partial charge >= 0.3 is 5.97 Å². The Balaban J connectivity index is 2.12. The highest BCUT2D eigenvalue weighted by atomic mass is 19.2. The summed E-state index contributed by atoms with van der Waals surface area (Å²) in [6.07, 6.45) is 1.31. The molecule has 1 N–H and O–H groups in total. The van der Waals surface area contributed by atoms with Crippen molar-refractivity contribution in [2.45, 2.75) is 6.61 Å². The molecule has 0 atom stereocenters. The Bertz CT molecular complexity index is 617. The van der Waals surface area contributed by atoms with Crippen LogP contribution in [0.4, 0.5) is 8.78 Å². The summed E-state index contributed by atoms with van der Waals surface area (Å²) in [6.45, 7) is -0.0802. The van der Waals surface area contributed by atoms with Gasteiger partial charge in [-0.25, -0.2) is 14.2 Å². The van der Waals surface area contributed by atoms with E-state index >= 15 is 0 Å². The molecule has 0 spiro atoms. The largest absolute Gasteiger partial charge is 0.486 e. The number of halogens is 2. The average molecular weight is 265 g/mol. The van der Waals surface area contributed by atoms with Gasteiger partial charge in [0.25, 0.3) is 0 Å². The van der Waals surface area contributed by atoms with Crippen LogP contribution in [0.1, 0.15) is 16.1 Å². The third-order valence-electron chi connectivity index (χ3n) is 2.35.